The molecule has 0 aliphatic heterocycles. The summed E-state index contributed by atoms with van der Waals surface area (Å²) < 4.78 is 0. The lowest BCUT2D eigenvalue weighted by atomic mass is 10.2. The van der Waals surface area contributed by atoms with Gasteiger partial charge >= 0.3 is 5.97 Å². The molecule has 0 spiro atoms. The highest BCUT2D eigenvalue weighted by Gasteiger charge is 2.09. The molecule has 8 heteroatoms. The van der Waals surface area contributed by atoms with E-state index in [0.29, 0.717) is 16.4 Å². The Hall–Kier alpha value is -2.72. The predicted molar refractivity (Wildman–Crippen MR) is 83.1 cm³/mol. The maximum Gasteiger partial charge on any atom is 0.303 e. The van der Waals surface area contributed by atoms with Crippen LogP contribution in [-0.2, 0) is 9.59 Å². The van der Waals surface area contributed by atoms with Crippen LogP contribution in [0.15, 0.2) is 30.0 Å². The average molecular weight is 323 g/mol. The summed E-state index contributed by atoms with van der Waals surface area (Å²) in [6, 6.07) is 6.54. The Morgan fingerprint density at radius 1 is 1.45 bits per heavy atom. The maximum atomic E-state index is 11.7. The van der Waals surface area contributed by atoms with Gasteiger partial charge in [0, 0.05) is 24.9 Å². The second kappa shape index (κ2) is 8.54. The summed E-state index contributed by atoms with van der Waals surface area (Å²) in [5.41, 5.74) is 6.41. The number of rotatable bonds is 7. The van der Waals surface area contributed by atoms with Crippen LogP contribution in [0, 0.1) is 11.3 Å². The van der Waals surface area contributed by atoms with Gasteiger partial charge in [0.25, 0.3) is 5.91 Å². The first-order chi connectivity index (χ1) is 10.4. The number of aliphatic carboxylic acids is 1. The highest BCUT2D eigenvalue weighted by Crippen LogP contribution is 2.24. The monoisotopic (exact) mass is 322 g/mol. The number of nitrogens with two attached hydrogens (primary N) is 1. The van der Waals surface area contributed by atoms with E-state index < -0.39 is 11.9 Å². The van der Waals surface area contributed by atoms with Crippen molar-refractivity contribution >= 4 is 34.9 Å². The zero-order valence-electron chi connectivity index (χ0n) is 11.6. The van der Waals surface area contributed by atoms with Gasteiger partial charge in [0.1, 0.15) is 11.6 Å². The van der Waals surface area contributed by atoms with Gasteiger partial charge in [-0.2, -0.15) is 5.26 Å². The molecule has 7 nitrogen and oxygen atoms in total. The number of carboxylic acids is 1. The van der Waals surface area contributed by atoms with Crippen molar-refractivity contribution in [1.82, 2.24) is 5.32 Å². The van der Waals surface area contributed by atoms with Crippen molar-refractivity contribution in [2.45, 2.75) is 12.8 Å². The van der Waals surface area contributed by atoms with Gasteiger partial charge < -0.3 is 21.5 Å². The van der Waals surface area contributed by atoms with Gasteiger partial charge in [-0.3, -0.25) is 9.59 Å². The summed E-state index contributed by atoms with van der Waals surface area (Å²) in [6.07, 6.45) is 1.46. The molecule has 0 unspecified atom stereocenters. The van der Waals surface area contributed by atoms with Gasteiger partial charge in [-0.25, -0.2) is 0 Å². The number of nitrogen functional groups attached to an aromatic ring is 1. The Morgan fingerprint density at radius 2 is 2.18 bits per heavy atom. The molecule has 0 aromatic heterocycles. The molecule has 5 N–H and O–H groups in total. The number of hydrogen-bond acceptors (Lipinski definition) is 5. The zero-order chi connectivity index (χ0) is 16.5. The molecule has 0 heterocycles. The Morgan fingerprint density at radius 3 is 2.77 bits per heavy atom. The molecule has 22 heavy (non-hydrogen) atoms. The number of amides is 1. The van der Waals surface area contributed by atoms with E-state index in [2.05, 4.69) is 10.6 Å². The highest BCUT2D eigenvalue weighted by molar-refractivity contribution is 6.33. The third-order valence-electron chi connectivity index (χ3n) is 2.58. The van der Waals surface area contributed by atoms with Crippen molar-refractivity contribution in [1.29, 1.82) is 5.26 Å². The molecule has 0 bridgehead atoms. The van der Waals surface area contributed by atoms with Gasteiger partial charge in [0.15, 0.2) is 0 Å². The van der Waals surface area contributed by atoms with Crippen LogP contribution in [-0.4, -0.2) is 23.5 Å². The largest absolute Gasteiger partial charge is 0.481 e. The molecule has 0 fully saturated rings. The Labute approximate surface area is 132 Å². The van der Waals surface area contributed by atoms with E-state index in [1.807, 2.05) is 0 Å². The summed E-state index contributed by atoms with van der Waals surface area (Å²) >= 11 is 5.96. The smallest absolute Gasteiger partial charge is 0.303 e. The van der Waals surface area contributed by atoms with Crippen LogP contribution in [0.3, 0.4) is 0 Å². The minimum Gasteiger partial charge on any atom is -0.481 e. The molecule has 0 atom stereocenters. The molecule has 0 radical (unpaired) electrons. The minimum absolute atomic E-state index is 0.0504. The first-order valence-electron chi connectivity index (χ1n) is 6.36. The van der Waals surface area contributed by atoms with Crippen molar-refractivity contribution in [2.24, 2.45) is 0 Å². The summed E-state index contributed by atoms with van der Waals surface area (Å²) in [5, 5.41) is 23.0. The molecule has 1 aromatic rings. The van der Waals surface area contributed by atoms with E-state index >= 15 is 0 Å². The summed E-state index contributed by atoms with van der Waals surface area (Å²) in [6.45, 7) is 0.173. The molecule has 1 amide bonds. The highest BCUT2D eigenvalue weighted by atomic mass is 35.5. The number of nitriles is 1. The third kappa shape index (κ3) is 5.73. The molecule has 0 aliphatic rings. The molecule has 1 rings (SSSR count). The number of anilines is 2. The number of carbonyl (C=O) groups excluding carboxylic acids is 1. The second-order valence-corrected chi connectivity index (χ2v) is 4.71. The van der Waals surface area contributed by atoms with Crippen molar-refractivity contribution in [3.63, 3.8) is 0 Å². The van der Waals surface area contributed by atoms with Gasteiger partial charge in [0.05, 0.1) is 10.7 Å². The molecule has 0 saturated heterocycles. The van der Waals surface area contributed by atoms with Crippen LogP contribution in [0.2, 0.25) is 5.02 Å². The van der Waals surface area contributed by atoms with Crippen LogP contribution in [0.1, 0.15) is 12.8 Å². The van der Waals surface area contributed by atoms with Gasteiger partial charge in [-0.15, -0.1) is 0 Å². The van der Waals surface area contributed by atoms with Crippen LogP contribution in [0.4, 0.5) is 11.4 Å². The average Bonchev–Trinajstić information content (AvgIpc) is 2.46. The van der Waals surface area contributed by atoms with Crippen molar-refractivity contribution in [2.75, 3.05) is 17.6 Å². The number of carbonyl (C=O) groups is 2. The Kier molecular flexibility index (Phi) is 6.73. The van der Waals surface area contributed by atoms with Crippen molar-refractivity contribution < 1.29 is 14.7 Å². The minimum atomic E-state index is -0.940. The molecule has 1 aromatic carbocycles. The molecular weight excluding hydrogens is 308 g/mol. The fourth-order valence-corrected chi connectivity index (χ4v) is 1.73. The van der Waals surface area contributed by atoms with Crippen molar-refractivity contribution in [3.05, 3.63) is 35.0 Å². The van der Waals surface area contributed by atoms with E-state index in [1.165, 1.54) is 12.3 Å². The lowest BCUT2D eigenvalue weighted by Crippen LogP contribution is -2.26. The van der Waals surface area contributed by atoms with Crippen LogP contribution in [0.25, 0.3) is 0 Å². The number of halogens is 1. The van der Waals surface area contributed by atoms with Gasteiger partial charge in [0.2, 0.25) is 0 Å². The number of carboxylic acid groups (broad SMARTS) is 1. The normalized spacial score (nSPS) is 10.6. The molecular formula is C14H15ClN4O3. The lowest BCUT2D eigenvalue weighted by Gasteiger charge is -2.06. The first kappa shape index (κ1) is 17.3. The Balaban J connectivity index is 2.60. The topological polar surface area (TPSA) is 128 Å². The van der Waals surface area contributed by atoms with E-state index in [1.54, 1.807) is 18.2 Å². The Bertz CT molecular complexity index is 637. The second-order valence-electron chi connectivity index (χ2n) is 4.31. The molecule has 116 valence electrons. The SMILES string of the molecule is N#C/C(=C/Nc1ccc(N)cc1Cl)C(=O)NCCCC(=O)O. The predicted octanol–water partition coefficient (Wildman–Crippen LogP) is 1.72. The van der Waals surface area contributed by atoms with Crippen LogP contribution >= 0.6 is 11.6 Å². The van der Waals surface area contributed by atoms with E-state index in [-0.39, 0.29) is 25.0 Å². The molecule has 0 saturated carbocycles. The van der Waals surface area contributed by atoms with Gasteiger partial charge in [-0.1, -0.05) is 11.6 Å². The van der Waals surface area contributed by atoms with E-state index in [0.717, 1.165) is 0 Å². The number of benzene rings is 1. The third-order valence-corrected chi connectivity index (χ3v) is 2.90. The van der Waals surface area contributed by atoms with E-state index in [4.69, 9.17) is 27.7 Å². The van der Waals surface area contributed by atoms with E-state index in [9.17, 15) is 9.59 Å². The summed E-state index contributed by atoms with van der Waals surface area (Å²) in [5.74, 6) is -1.53. The fourth-order valence-electron chi connectivity index (χ4n) is 1.48. The summed E-state index contributed by atoms with van der Waals surface area (Å²) in [4.78, 5) is 22.1. The molecule has 0 aliphatic carbocycles. The van der Waals surface area contributed by atoms with Crippen LogP contribution in [0.5, 0.6) is 0 Å². The fraction of sp³-hybridized carbons (Fsp3) is 0.214. The lowest BCUT2D eigenvalue weighted by molar-refractivity contribution is -0.137. The van der Waals surface area contributed by atoms with Gasteiger partial charge in [-0.05, 0) is 24.6 Å². The number of nitrogens with zero attached hydrogens (tertiary/aromatic N) is 1. The number of hydrogen-bond donors (Lipinski definition) is 4. The first-order valence-corrected chi connectivity index (χ1v) is 6.73. The quantitative estimate of drug-likeness (QED) is 0.262. The maximum absolute atomic E-state index is 11.7. The number of nitrogens with one attached hydrogen (secondary N) is 2. The summed E-state index contributed by atoms with van der Waals surface area (Å²) in [7, 11) is 0. The van der Waals surface area contributed by atoms with Crippen LogP contribution < -0.4 is 16.4 Å². The van der Waals surface area contributed by atoms with Crippen molar-refractivity contribution in [3.8, 4) is 6.07 Å². The zero-order valence-corrected chi connectivity index (χ0v) is 12.4. The standard InChI is InChI=1S/C14H15ClN4O3/c15-11-6-10(17)3-4-12(11)19-8-9(7-16)14(22)18-5-1-2-13(20)21/h3-4,6,8,19H,1-2,5,17H2,(H,18,22)(H,20,21)/b9-8-.